The summed E-state index contributed by atoms with van der Waals surface area (Å²) >= 11 is 0. The van der Waals surface area contributed by atoms with Crippen LogP contribution < -0.4 is 0 Å². The van der Waals surface area contributed by atoms with Crippen molar-refractivity contribution in [2.24, 2.45) is 0 Å². The molecule has 0 heterocycles. The Labute approximate surface area is 96.7 Å². The van der Waals surface area contributed by atoms with Gasteiger partial charge in [-0.1, -0.05) is 24.3 Å². The lowest BCUT2D eigenvalue weighted by molar-refractivity contribution is -0.142. The standard InChI is InChI=1S/C13H19NO2/c1-10-6-4-5-7-12(10)8-9-14(3)11(2)13(15)16/h4-7,11H,8-9H2,1-3H3,(H,15,16). The van der Waals surface area contributed by atoms with Gasteiger partial charge in [-0.05, 0) is 38.4 Å². The second kappa shape index (κ2) is 5.66. The van der Waals surface area contributed by atoms with Crippen molar-refractivity contribution in [3.05, 3.63) is 35.4 Å². The highest BCUT2D eigenvalue weighted by Crippen LogP contribution is 2.08. The summed E-state index contributed by atoms with van der Waals surface area (Å²) in [5.74, 6) is -0.771. The predicted molar refractivity (Wildman–Crippen MR) is 64.6 cm³/mol. The molecule has 0 saturated heterocycles. The fraction of sp³-hybridized carbons (Fsp3) is 0.462. The summed E-state index contributed by atoms with van der Waals surface area (Å²) in [5, 5.41) is 8.86. The Hall–Kier alpha value is -1.35. The highest BCUT2D eigenvalue weighted by molar-refractivity contribution is 5.72. The molecule has 1 unspecified atom stereocenters. The van der Waals surface area contributed by atoms with Gasteiger partial charge in [0.15, 0.2) is 0 Å². The lowest BCUT2D eigenvalue weighted by Gasteiger charge is -2.21. The van der Waals surface area contributed by atoms with Crippen LogP contribution in [-0.2, 0) is 11.2 Å². The van der Waals surface area contributed by atoms with Crippen molar-refractivity contribution in [2.75, 3.05) is 13.6 Å². The van der Waals surface area contributed by atoms with E-state index in [4.69, 9.17) is 5.11 Å². The van der Waals surface area contributed by atoms with Gasteiger partial charge in [0, 0.05) is 6.54 Å². The van der Waals surface area contributed by atoms with Crippen molar-refractivity contribution in [3.8, 4) is 0 Å². The van der Waals surface area contributed by atoms with E-state index in [0.29, 0.717) is 0 Å². The van der Waals surface area contributed by atoms with Crippen molar-refractivity contribution in [3.63, 3.8) is 0 Å². The van der Waals surface area contributed by atoms with Gasteiger partial charge in [0.25, 0.3) is 0 Å². The van der Waals surface area contributed by atoms with E-state index in [-0.39, 0.29) is 0 Å². The summed E-state index contributed by atoms with van der Waals surface area (Å²) in [7, 11) is 1.84. The second-order valence-corrected chi connectivity index (χ2v) is 4.17. The third-order valence-electron chi connectivity index (χ3n) is 3.01. The Balaban J connectivity index is 2.52. The molecule has 3 heteroatoms. The number of carboxylic acid groups (broad SMARTS) is 1. The number of aliphatic carboxylic acids is 1. The molecule has 0 bridgehead atoms. The summed E-state index contributed by atoms with van der Waals surface area (Å²) in [4.78, 5) is 12.6. The van der Waals surface area contributed by atoms with Crippen molar-refractivity contribution >= 4 is 5.97 Å². The molecule has 1 N–H and O–H groups in total. The number of aryl methyl sites for hydroxylation is 1. The first kappa shape index (κ1) is 12.7. The minimum Gasteiger partial charge on any atom is -0.480 e. The van der Waals surface area contributed by atoms with E-state index in [1.165, 1.54) is 11.1 Å². The largest absolute Gasteiger partial charge is 0.480 e. The Bertz CT molecular complexity index is 363. The summed E-state index contributed by atoms with van der Waals surface area (Å²) < 4.78 is 0. The van der Waals surface area contributed by atoms with E-state index in [1.54, 1.807) is 6.92 Å². The first-order valence-corrected chi connectivity index (χ1v) is 5.50. The van der Waals surface area contributed by atoms with Crippen LogP contribution >= 0.6 is 0 Å². The predicted octanol–water partition coefficient (Wildman–Crippen LogP) is 1.94. The normalized spacial score (nSPS) is 12.8. The van der Waals surface area contributed by atoms with Crippen molar-refractivity contribution < 1.29 is 9.90 Å². The lowest BCUT2D eigenvalue weighted by atomic mass is 10.1. The van der Waals surface area contributed by atoms with E-state index in [9.17, 15) is 4.79 Å². The zero-order chi connectivity index (χ0) is 12.1. The number of nitrogens with zero attached hydrogens (tertiary/aromatic N) is 1. The number of hydrogen-bond acceptors (Lipinski definition) is 2. The number of likely N-dealkylation sites (N-methyl/N-ethyl adjacent to an activating group) is 1. The van der Waals surface area contributed by atoms with Crippen LogP contribution in [0, 0.1) is 6.92 Å². The van der Waals surface area contributed by atoms with Crippen LogP contribution in [0.2, 0.25) is 0 Å². The monoisotopic (exact) mass is 221 g/mol. The van der Waals surface area contributed by atoms with Gasteiger partial charge in [-0.15, -0.1) is 0 Å². The van der Waals surface area contributed by atoms with Crippen LogP contribution in [-0.4, -0.2) is 35.6 Å². The molecule has 0 amide bonds. The van der Waals surface area contributed by atoms with Gasteiger partial charge in [0.2, 0.25) is 0 Å². The smallest absolute Gasteiger partial charge is 0.320 e. The molecule has 0 spiro atoms. The van der Waals surface area contributed by atoms with E-state index >= 15 is 0 Å². The first-order chi connectivity index (χ1) is 7.52. The molecule has 0 fully saturated rings. The quantitative estimate of drug-likeness (QED) is 0.826. The van der Waals surface area contributed by atoms with Crippen LogP contribution in [0.4, 0.5) is 0 Å². The molecule has 88 valence electrons. The van der Waals surface area contributed by atoms with Crippen LogP contribution in [0.25, 0.3) is 0 Å². The van der Waals surface area contributed by atoms with Crippen LogP contribution in [0.5, 0.6) is 0 Å². The van der Waals surface area contributed by atoms with Gasteiger partial charge in [-0.25, -0.2) is 0 Å². The molecule has 0 radical (unpaired) electrons. The highest BCUT2D eigenvalue weighted by Gasteiger charge is 2.16. The number of carboxylic acids is 1. The average molecular weight is 221 g/mol. The highest BCUT2D eigenvalue weighted by atomic mass is 16.4. The third-order valence-corrected chi connectivity index (χ3v) is 3.01. The Morgan fingerprint density at radius 2 is 2.06 bits per heavy atom. The van der Waals surface area contributed by atoms with E-state index in [2.05, 4.69) is 19.1 Å². The molecule has 0 saturated carbocycles. The van der Waals surface area contributed by atoms with Gasteiger partial charge >= 0.3 is 5.97 Å². The molecule has 16 heavy (non-hydrogen) atoms. The SMILES string of the molecule is Cc1ccccc1CCN(C)C(C)C(=O)O. The molecular weight excluding hydrogens is 202 g/mol. The Morgan fingerprint density at radius 3 is 2.62 bits per heavy atom. The minimum atomic E-state index is -0.771. The Kier molecular flexibility index (Phi) is 4.50. The number of hydrogen-bond donors (Lipinski definition) is 1. The molecule has 0 aliphatic heterocycles. The van der Waals surface area contributed by atoms with E-state index < -0.39 is 12.0 Å². The number of carbonyl (C=O) groups is 1. The first-order valence-electron chi connectivity index (χ1n) is 5.50. The molecule has 3 nitrogen and oxygen atoms in total. The average Bonchev–Trinajstić information content (AvgIpc) is 2.26. The zero-order valence-electron chi connectivity index (χ0n) is 10.1. The van der Waals surface area contributed by atoms with Gasteiger partial charge < -0.3 is 5.11 Å². The molecule has 1 atom stereocenters. The van der Waals surface area contributed by atoms with Crippen molar-refractivity contribution in [2.45, 2.75) is 26.3 Å². The number of benzene rings is 1. The summed E-state index contributed by atoms with van der Waals surface area (Å²) in [5.41, 5.74) is 2.55. The minimum absolute atomic E-state index is 0.427. The van der Waals surface area contributed by atoms with Crippen molar-refractivity contribution in [1.82, 2.24) is 4.90 Å². The maximum atomic E-state index is 10.8. The topological polar surface area (TPSA) is 40.5 Å². The molecule has 1 rings (SSSR count). The summed E-state index contributed by atoms with van der Waals surface area (Å²) in [6.45, 7) is 4.55. The molecule has 1 aromatic carbocycles. The third kappa shape index (κ3) is 3.35. The zero-order valence-corrected chi connectivity index (χ0v) is 10.1. The molecule has 0 aliphatic rings. The van der Waals surface area contributed by atoms with Gasteiger partial charge in [-0.2, -0.15) is 0 Å². The molecular formula is C13H19NO2. The van der Waals surface area contributed by atoms with E-state index in [0.717, 1.165) is 13.0 Å². The van der Waals surface area contributed by atoms with Crippen LogP contribution in [0.15, 0.2) is 24.3 Å². The van der Waals surface area contributed by atoms with Crippen molar-refractivity contribution in [1.29, 1.82) is 0 Å². The summed E-state index contributed by atoms with van der Waals surface area (Å²) in [6.07, 6.45) is 0.890. The van der Waals surface area contributed by atoms with E-state index in [1.807, 2.05) is 24.1 Å². The lowest BCUT2D eigenvalue weighted by Crippen LogP contribution is -2.37. The number of rotatable bonds is 5. The second-order valence-electron chi connectivity index (χ2n) is 4.17. The van der Waals surface area contributed by atoms with Crippen LogP contribution in [0.1, 0.15) is 18.1 Å². The van der Waals surface area contributed by atoms with Crippen LogP contribution in [0.3, 0.4) is 0 Å². The molecule has 0 aliphatic carbocycles. The summed E-state index contributed by atoms with van der Waals surface area (Å²) in [6, 6.07) is 7.78. The van der Waals surface area contributed by atoms with Gasteiger partial charge in [0.1, 0.15) is 6.04 Å². The molecule has 1 aromatic rings. The fourth-order valence-electron chi connectivity index (χ4n) is 1.57. The molecule has 0 aromatic heterocycles. The Morgan fingerprint density at radius 1 is 1.44 bits per heavy atom. The maximum Gasteiger partial charge on any atom is 0.320 e. The van der Waals surface area contributed by atoms with Gasteiger partial charge in [-0.3, -0.25) is 9.69 Å². The van der Waals surface area contributed by atoms with Gasteiger partial charge in [0.05, 0.1) is 0 Å². The fourth-order valence-corrected chi connectivity index (χ4v) is 1.57. The maximum absolute atomic E-state index is 10.8.